The van der Waals surface area contributed by atoms with Gasteiger partial charge in [-0.05, 0) is 60.4 Å². The molecule has 0 unspecified atom stereocenters. The fraction of sp³-hybridized carbons (Fsp3) is 0.520. The van der Waals surface area contributed by atoms with Crippen LogP contribution in [0.25, 0.3) is 11.1 Å². The van der Waals surface area contributed by atoms with Crippen molar-refractivity contribution in [2.24, 2.45) is 0 Å². The molecule has 26 heavy (non-hydrogen) atoms. The minimum absolute atomic E-state index is 0.0442. The Morgan fingerprint density at radius 3 is 1.77 bits per heavy atom. The maximum atomic E-state index is 2.49. The van der Waals surface area contributed by atoms with Gasteiger partial charge in [0.2, 0.25) is 0 Å². The van der Waals surface area contributed by atoms with Gasteiger partial charge in [-0.25, -0.2) is 0 Å². The van der Waals surface area contributed by atoms with Crippen molar-refractivity contribution < 1.29 is 0 Å². The van der Waals surface area contributed by atoms with Crippen LogP contribution in [0, 0.1) is 6.92 Å². The fourth-order valence-corrected chi connectivity index (χ4v) is 9.05. The molecular formula is C25H33P. The van der Waals surface area contributed by atoms with Crippen LogP contribution in [-0.2, 0) is 0 Å². The van der Waals surface area contributed by atoms with Crippen molar-refractivity contribution in [3.63, 3.8) is 0 Å². The number of benzene rings is 2. The van der Waals surface area contributed by atoms with Crippen LogP contribution in [0.5, 0.6) is 0 Å². The molecule has 0 heterocycles. The third kappa shape index (κ3) is 4.07. The summed E-state index contributed by atoms with van der Waals surface area (Å²) in [6.07, 6.45) is 14.7. The van der Waals surface area contributed by atoms with Gasteiger partial charge < -0.3 is 0 Å². The van der Waals surface area contributed by atoms with Gasteiger partial charge in [-0.15, -0.1) is 0 Å². The average Bonchev–Trinajstić information content (AvgIpc) is 2.71. The van der Waals surface area contributed by atoms with Crippen LogP contribution in [0.1, 0.15) is 69.8 Å². The fourth-order valence-electron chi connectivity index (χ4n) is 5.09. The normalized spacial score (nSPS) is 19.8. The predicted molar refractivity (Wildman–Crippen MR) is 117 cm³/mol. The van der Waals surface area contributed by atoms with E-state index < -0.39 is 0 Å². The Labute approximate surface area is 161 Å². The molecule has 0 spiro atoms. The largest absolute Gasteiger partial charge is 0.0683 e. The third-order valence-corrected chi connectivity index (χ3v) is 10.0. The maximum Gasteiger partial charge on any atom is -0.0107 e. The summed E-state index contributed by atoms with van der Waals surface area (Å²) in [6, 6.07) is 18.6. The lowest BCUT2D eigenvalue weighted by Crippen LogP contribution is -2.27. The van der Waals surface area contributed by atoms with E-state index in [-0.39, 0.29) is 7.92 Å². The third-order valence-electron chi connectivity index (χ3n) is 6.48. The molecule has 0 aliphatic heterocycles. The number of rotatable bonds is 4. The van der Waals surface area contributed by atoms with E-state index in [1.165, 1.54) is 80.9 Å². The van der Waals surface area contributed by atoms with Crippen LogP contribution in [0.2, 0.25) is 0 Å². The lowest BCUT2D eigenvalue weighted by molar-refractivity contribution is 0.487. The Hall–Kier alpha value is -1.13. The predicted octanol–water partition coefficient (Wildman–Crippen LogP) is 7.43. The van der Waals surface area contributed by atoms with Crippen molar-refractivity contribution in [3.05, 3.63) is 54.1 Å². The molecule has 2 fully saturated rings. The topological polar surface area (TPSA) is 0 Å². The molecule has 0 saturated heterocycles. The van der Waals surface area contributed by atoms with Crippen molar-refractivity contribution >= 4 is 13.2 Å². The van der Waals surface area contributed by atoms with Crippen LogP contribution in [-0.4, -0.2) is 11.3 Å². The van der Waals surface area contributed by atoms with Gasteiger partial charge in [0.05, 0.1) is 0 Å². The molecule has 2 aliphatic carbocycles. The first-order valence-corrected chi connectivity index (χ1v) is 12.3. The average molecular weight is 365 g/mol. The summed E-state index contributed by atoms with van der Waals surface area (Å²) in [5.41, 5.74) is 6.23. The highest BCUT2D eigenvalue weighted by molar-refractivity contribution is 7.67. The van der Waals surface area contributed by atoms with Crippen molar-refractivity contribution in [2.75, 3.05) is 0 Å². The molecule has 138 valence electrons. The van der Waals surface area contributed by atoms with Gasteiger partial charge in [-0.3, -0.25) is 0 Å². The van der Waals surface area contributed by atoms with Crippen LogP contribution in [0.15, 0.2) is 48.5 Å². The Morgan fingerprint density at radius 1 is 0.654 bits per heavy atom. The summed E-state index contributed by atoms with van der Waals surface area (Å²) >= 11 is 0. The van der Waals surface area contributed by atoms with Gasteiger partial charge in [0, 0.05) is 0 Å². The van der Waals surface area contributed by atoms with Gasteiger partial charge >= 0.3 is 0 Å². The molecule has 0 nitrogen and oxygen atoms in total. The van der Waals surface area contributed by atoms with E-state index in [9.17, 15) is 0 Å². The molecule has 0 bridgehead atoms. The van der Waals surface area contributed by atoms with Crippen molar-refractivity contribution in [1.82, 2.24) is 0 Å². The zero-order valence-electron chi connectivity index (χ0n) is 16.3. The standard InChI is InChI=1S/C25H33P/c1-20-16-18-21(19-17-20)24-14-8-9-15-25(24)26(22-10-4-2-5-11-22)23-12-6-3-7-13-23/h8-9,14-19,22-23H,2-7,10-13H2,1H3. The van der Waals surface area contributed by atoms with Crippen molar-refractivity contribution in [3.8, 4) is 11.1 Å². The highest BCUT2D eigenvalue weighted by Gasteiger charge is 2.33. The molecule has 1 heteroatoms. The SMILES string of the molecule is Cc1ccc(-c2ccccc2P(C2CCCCC2)C2CCCCC2)cc1. The van der Waals surface area contributed by atoms with Crippen LogP contribution < -0.4 is 5.30 Å². The van der Waals surface area contributed by atoms with Gasteiger partial charge in [-0.1, -0.05) is 101 Å². The molecule has 0 aromatic heterocycles. The molecule has 0 radical (unpaired) electrons. The minimum Gasteiger partial charge on any atom is -0.0683 e. The van der Waals surface area contributed by atoms with E-state index in [1.807, 2.05) is 0 Å². The first-order chi connectivity index (χ1) is 12.8. The van der Waals surface area contributed by atoms with Crippen LogP contribution in [0.3, 0.4) is 0 Å². The van der Waals surface area contributed by atoms with E-state index in [0.717, 1.165) is 11.3 Å². The molecule has 2 aromatic carbocycles. The molecular weight excluding hydrogens is 331 g/mol. The number of hydrogen-bond donors (Lipinski definition) is 0. The van der Waals surface area contributed by atoms with Crippen LogP contribution >= 0.6 is 7.92 Å². The van der Waals surface area contributed by atoms with Gasteiger partial charge in [0.15, 0.2) is 0 Å². The molecule has 0 amide bonds. The molecule has 0 N–H and O–H groups in total. The zero-order chi connectivity index (χ0) is 17.8. The summed E-state index contributed by atoms with van der Waals surface area (Å²) in [4.78, 5) is 0. The second-order valence-electron chi connectivity index (χ2n) is 8.37. The first kappa shape index (κ1) is 18.2. The summed E-state index contributed by atoms with van der Waals surface area (Å²) in [7, 11) is -0.0442. The Morgan fingerprint density at radius 2 is 1.19 bits per heavy atom. The van der Waals surface area contributed by atoms with Gasteiger partial charge in [-0.2, -0.15) is 0 Å². The zero-order valence-corrected chi connectivity index (χ0v) is 17.2. The molecule has 4 rings (SSSR count). The summed E-state index contributed by atoms with van der Waals surface area (Å²) in [5, 5.41) is 1.71. The van der Waals surface area contributed by atoms with Crippen molar-refractivity contribution in [1.29, 1.82) is 0 Å². The minimum atomic E-state index is -0.0442. The van der Waals surface area contributed by atoms with E-state index in [0.29, 0.717) is 0 Å². The highest BCUT2D eigenvalue weighted by Crippen LogP contribution is 2.56. The van der Waals surface area contributed by atoms with E-state index in [4.69, 9.17) is 0 Å². The van der Waals surface area contributed by atoms with Crippen LogP contribution in [0.4, 0.5) is 0 Å². The Bertz CT molecular complexity index is 672. The van der Waals surface area contributed by atoms with E-state index >= 15 is 0 Å². The molecule has 2 aromatic rings. The Balaban J connectivity index is 1.73. The van der Waals surface area contributed by atoms with Gasteiger partial charge in [0.1, 0.15) is 0 Å². The molecule has 2 aliphatic rings. The monoisotopic (exact) mass is 364 g/mol. The maximum absolute atomic E-state index is 2.49. The second kappa shape index (κ2) is 8.71. The Kier molecular flexibility index (Phi) is 6.11. The second-order valence-corrected chi connectivity index (χ2v) is 11.1. The number of aryl methyl sites for hydroxylation is 1. The smallest absolute Gasteiger partial charge is 0.0107 e. The summed E-state index contributed by atoms with van der Waals surface area (Å²) in [6.45, 7) is 2.19. The molecule has 0 atom stereocenters. The molecule has 2 saturated carbocycles. The number of hydrogen-bond acceptors (Lipinski definition) is 0. The summed E-state index contributed by atoms with van der Waals surface area (Å²) < 4.78 is 0. The van der Waals surface area contributed by atoms with Gasteiger partial charge in [0.25, 0.3) is 0 Å². The lowest BCUT2D eigenvalue weighted by atomic mass is 9.99. The summed E-state index contributed by atoms with van der Waals surface area (Å²) in [5.74, 6) is 0. The quantitative estimate of drug-likeness (QED) is 0.495. The van der Waals surface area contributed by atoms with E-state index in [2.05, 4.69) is 55.5 Å². The first-order valence-electron chi connectivity index (χ1n) is 10.8. The lowest BCUT2D eigenvalue weighted by Gasteiger charge is -2.39. The van der Waals surface area contributed by atoms with E-state index in [1.54, 1.807) is 5.30 Å². The van der Waals surface area contributed by atoms with Crippen molar-refractivity contribution in [2.45, 2.75) is 82.4 Å². The highest BCUT2D eigenvalue weighted by atomic mass is 31.1.